The normalized spacial score (nSPS) is 11.1. The average molecular weight is 331 g/mol. The van der Waals surface area contributed by atoms with Gasteiger partial charge in [0.1, 0.15) is 16.0 Å². The molecule has 106 valence electrons. The van der Waals surface area contributed by atoms with Crippen LogP contribution in [-0.2, 0) is 14.9 Å². The molecule has 0 heterocycles. The van der Waals surface area contributed by atoms with Crippen LogP contribution in [0.4, 0.5) is 0 Å². The molecule has 0 radical (unpaired) electrons. The maximum atomic E-state index is 12.1. The standard InChI is InChI=1S/C14H19BrO4/c1-6-19-13(16)14(2,3)9-7-8-10(17-4)11(15)12(9)18-5/h7-8H,6H2,1-5H3. The quantitative estimate of drug-likeness (QED) is 0.777. The fraction of sp³-hybridized carbons (Fsp3) is 0.500. The summed E-state index contributed by atoms with van der Waals surface area (Å²) in [6.45, 7) is 5.75. The number of hydrogen-bond donors (Lipinski definition) is 0. The second-order valence-electron chi connectivity index (χ2n) is 4.51. The van der Waals surface area contributed by atoms with Crippen molar-refractivity contribution < 1.29 is 19.0 Å². The van der Waals surface area contributed by atoms with E-state index in [1.807, 2.05) is 19.9 Å². The fourth-order valence-electron chi connectivity index (χ4n) is 1.81. The molecule has 0 saturated heterocycles. The van der Waals surface area contributed by atoms with Crippen LogP contribution in [-0.4, -0.2) is 26.8 Å². The summed E-state index contributed by atoms with van der Waals surface area (Å²) in [4.78, 5) is 12.1. The number of carbonyl (C=O) groups excluding carboxylic acids is 1. The van der Waals surface area contributed by atoms with E-state index in [1.54, 1.807) is 27.2 Å². The SMILES string of the molecule is CCOC(=O)C(C)(C)c1ccc(OC)c(Br)c1OC. The third kappa shape index (κ3) is 3.03. The Morgan fingerprint density at radius 2 is 1.89 bits per heavy atom. The molecule has 19 heavy (non-hydrogen) atoms. The lowest BCUT2D eigenvalue weighted by Crippen LogP contribution is -2.31. The molecule has 0 fully saturated rings. The molecule has 1 rings (SSSR count). The summed E-state index contributed by atoms with van der Waals surface area (Å²) in [5.74, 6) is 0.947. The molecule has 5 heteroatoms. The van der Waals surface area contributed by atoms with Gasteiger partial charge in [-0.05, 0) is 42.8 Å². The van der Waals surface area contributed by atoms with Crippen LogP contribution in [0.3, 0.4) is 0 Å². The maximum absolute atomic E-state index is 12.1. The predicted molar refractivity (Wildman–Crippen MR) is 76.9 cm³/mol. The van der Waals surface area contributed by atoms with Gasteiger partial charge in [0.25, 0.3) is 0 Å². The topological polar surface area (TPSA) is 44.8 Å². The van der Waals surface area contributed by atoms with Crippen LogP contribution in [0.15, 0.2) is 16.6 Å². The Morgan fingerprint density at radius 3 is 2.37 bits per heavy atom. The van der Waals surface area contributed by atoms with Crippen molar-refractivity contribution >= 4 is 21.9 Å². The molecule has 0 bridgehead atoms. The second-order valence-corrected chi connectivity index (χ2v) is 5.30. The first-order chi connectivity index (χ1) is 8.89. The smallest absolute Gasteiger partial charge is 0.316 e. The summed E-state index contributed by atoms with van der Waals surface area (Å²) < 4.78 is 16.4. The molecule has 0 aliphatic carbocycles. The molecule has 0 atom stereocenters. The van der Waals surface area contributed by atoms with Crippen molar-refractivity contribution in [1.82, 2.24) is 0 Å². The van der Waals surface area contributed by atoms with Gasteiger partial charge in [0.2, 0.25) is 0 Å². The minimum Gasteiger partial charge on any atom is -0.495 e. The number of esters is 1. The Labute approximate surface area is 122 Å². The third-order valence-electron chi connectivity index (χ3n) is 2.94. The monoisotopic (exact) mass is 330 g/mol. The molecule has 1 aromatic rings. The van der Waals surface area contributed by atoms with Crippen molar-refractivity contribution in [3.8, 4) is 11.5 Å². The first-order valence-corrected chi connectivity index (χ1v) is 6.77. The lowest BCUT2D eigenvalue weighted by Gasteiger charge is -2.26. The molecule has 0 aliphatic heterocycles. The van der Waals surface area contributed by atoms with E-state index in [2.05, 4.69) is 15.9 Å². The highest BCUT2D eigenvalue weighted by Gasteiger charge is 2.35. The van der Waals surface area contributed by atoms with Crippen LogP contribution >= 0.6 is 15.9 Å². The van der Waals surface area contributed by atoms with E-state index in [1.165, 1.54) is 0 Å². The van der Waals surface area contributed by atoms with E-state index in [4.69, 9.17) is 14.2 Å². The average Bonchev–Trinajstić information content (AvgIpc) is 2.38. The highest BCUT2D eigenvalue weighted by Crippen LogP contribution is 2.42. The minimum absolute atomic E-state index is 0.287. The van der Waals surface area contributed by atoms with Crippen molar-refractivity contribution in [3.05, 3.63) is 22.2 Å². The van der Waals surface area contributed by atoms with Crippen LogP contribution in [0, 0.1) is 0 Å². The van der Waals surface area contributed by atoms with E-state index in [-0.39, 0.29) is 5.97 Å². The van der Waals surface area contributed by atoms with E-state index >= 15 is 0 Å². The van der Waals surface area contributed by atoms with Gasteiger partial charge < -0.3 is 14.2 Å². The number of benzene rings is 1. The predicted octanol–water partition coefficient (Wildman–Crippen LogP) is 3.31. The van der Waals surface area contributed by atoms with Gasteiger partial charge in [0.05, 0.1) is 26.2 Å². The Kier molecular flexibility index (Phi) is 5.23. The van der Waals surface area contributed by atoms with E-state index in [0.29, 0.717) is 22.6 Å². The number of halogens is 1. The number of ether oxygens (including phenoxy) is 3. The highest BCUT2D eigenvalue weighted by molar-refractivity contribution is 9.10. The number of hydrogen-bond acceptors (Lipinski definition) is 4. The first kappa shape index (κ1) is 15.8. The van der Waals surface area contributed by atoms with Crippen molar-refractivity contribution in [2.24, 2.45) is 0 Å². The summed E-state index contributed by atoms with van der Waals surface area (Å²) in [6.07, 6.45) is 0. The van der Waals surface area contributed by atoms with Crippen LogP contribution in [0.1, 0.15) is 26.3 Å². The minimum atomic E-state index is -0.795. The number of methoxy groups -OCH3 is 2. The maximum Gasteiger partial charge on any atom is 0.316 e. The Balaban J connectivity index is 3.34. The van der Waals surface area contributed by atoms with Gasteiger partial charge >= 0.3 is 5.97 Å². The molecule has 1 aromatic carbocycles. The fourth-order valence-corrected chi connectivity index (χ4v) is 2.48. The van der Waals surface area contributed by atoms with E-state index < -0.39 is 5.41 Å². The molecule has 4 nitrogen and oxygen atoms in total. The summed E-state index contributed by atoms with van der Waals surface area (Å²) in [7, 11) is 3.14. The van der Waals surface area contributed by atoms with Gasteiger partial charge in [-0.15, -0.1) is 0 Å². The van der Waals surface area contributed by atoms with Crippen molar-refractivity contribution in [2.45, 2.75) is 26.2 Å². The summed E-state index contributed by atoms with van der Waals surface area (Å²) in [6, 6.07) is 3.61. The summed E-state index contributed by atoms with van der Waals surface area (Å²) >= 11 is 3.43. The van der Waals surface area contributed by atoms with Gasteiger partial charge in [0, 0.05) is 5.56 Å². The van der Waals surface area contributed by atoms with Crippen LogP contribution in [0.5, 0.6) is 11.5 Å². The molecular formula is C14H19BrO4. The van der Waals surface area contributed by atoms with Gasteiger partial charge in [-0.25, -0.2) is 0 Å². The van der Waals surface area contributed by atoms with E-state index in [0.717, 1.165) is 5.56 Å². The lowest BCUT2D eigenvalue weighted by molar-refractivity contribution is -0.148. The zero-order valence-electron chi connectivity index (χ0n) is 11.9. The van der Waals surface area contributed by atoms with E-state index in [9.17, 15) is 4.79 Å². The van der Waals surface area contributed by atoms with Gasteiger partial charge in [-0.2, -0.15) is 0 Å². The molecule has 0 unspecified atom stereocenters. The van der Waals surface area contributed by atoms with Crippen LogP contribution in [0.25, 0.3) is 0 Å². The van der Waals surface area contributed by atoms with Crippen LogP contribution < -0.4 is 9.47 Å². The van der Waals surface area contributed by atoms with Crippen molar-refractivity contribution in [2.75, 3.05) is 20.8 Å². The zero-order chi connectivity index (χ0) is 14.6. The Morgan fingerprint density at radius 1 is 1.26 bits per heavy atom. The molecular weight excluding hydrogens is 312 g/mol. The lowest BCUT2D eigenvalue weighted by atomic mass is 9.84. The first-order valence-electron chi connectivity index (χ1n) is 5.98. The Hall–Kier alpha value is -1.23. The summed E-state index contributed by atoms with van der Waals surface area (Å²) in [5.41, 5.74) is -0.0444. The largest absolute Gasteiger partial charge is 0.495 e. The van der Waals surface area contributed by atoms with Gasteiger partial charge in [0.15, 0.2) is 0 Å². The van der Waals surface area contributed by atoms with Crippen LogP contribution in [0.2, 0.25) is 0 Å². The van der Waals surface area contributed by atoms with Gasteiger partial charge in [-0.3, -0.25) is 4.79 Å². The zero-order valence-corrected chi connectivity index (χ0v) is 13.5. The molecule has 0 amide bonds. The molecule has 0 saturated carbocycles. The van der Waals surface area contributed by atoms with Crippen molar-refractivity contribution in [1.29, 1.82) is 0 Å². The summed E-state index contributed by atoms with van der Waals surface area (Å²) in [5, 5.41) is 0. The van der Waals surface area contributed by atoms with Gasteiger partial charge in [-0.1, -0.05) is 6.07 Å². The molecule has 0 spiro atoms. The molecule has 0 N–H and O–H groups in total. The molecule has 0 aliphatic rings. The number of carbonyl (C=O) groups is 1. The second kappa shape index (κ2) is 6.28. The molecule has 0 aromatic heterocycles. The third-order valence-corrected chi connectivity index (χ3v) is 3.70. The Bertz CT molecular complexity index is 469. The number of rotatable bonds is 5. The van der Waals surface area contributed by atoms with Crippen molar-refractivity contribution in [3.63, 3.8) is 0 Å². The highest BCUT2D eigenvalue weighted by atomic mass is 79.9.